The molecule has 10 heteroatoms. The fourth-order valence-corrected chi connectivity index (χ4v) is 3.06. The molecule has 0 aliphatic rings. The first-order chi connectivity index (χ1) is 14.8. The summed E-state index contributed by atoms with van der Waals surface area (Å²) in [6.45, 7) is 1.17. The molecule has 0 bridgehead atoms. The van der Waals surface area contributed by atoms with Crippen LogP contribution in [0.4, 0.5) is 0 Å². The highest BCUT2D eigenvalue weighted by molar-refractivity contribution is 7.46. The average molecular weight is 467 g/mol. The molecule has 9 nitrogen and oxygen atoms in total. The van der Waals surface area contributed by atoms with E-state index in [9.17, 15) is 14.5 Å². The molecule has 182 valence electrons. The van der Waals surface area contributed by atoms with E-state index in [0.29, 0.717) is 6.42 Å². The second-order valence-electron chi connectivity index (χ2n) is 7.38. The number of phosphoric acid groups is 1. The minimum absolute atomic E-state index is 0.239. The van der Waals surface area contributed by atoms with Crippen molar-refractivity contribution in [1.29, 1.82) is 0 Å². The van der Waals surface area contributed by atoms with Crippen molar-refractivity contribution in [2.24, 2.45) is 0 Å². The van der Waals surface area contributed by atoms with Gasteiger partial charge in [0.1, 0.15) is 18.8 Å². The van der Waals surface area contributed by atoms with Crippen LogP contribution in [0.1, 0.15) is 77.6 Å². The number of allylic oxidation sites excluding steroid dienone is 3. The van der Waals surface area contributed by atoms with Crippen LogP contribution in [0.3, 0.4) is 0 Å². The van der Waals surface area contributed by atoms with Gasteiger partial charge in [-0.15, -0.1) is 0 Å². The molecular weight excluding hydrogens is 427 g/mol. The lowest BCUT2D eigenvalue weighted by Gasteiger charge is -2.12. The van der Waals surface area contributed by atoms with Gasteiger partial charge in [0.05, 0.1) is 6.61 Å². The summed E-state index contributed by atoms with van der Waals surface area (Å²) in [6.07, 6.45) is 16.3. The van der Waals surface area contributed by atoms with Gasteiger partial charge in [-0.1, -0.05) is 69.8 Å². The zero-order valence-corrected chi connectivity index (χ0v) is 19.3. The molecule has 0 aliphatic carbocycles. The van der Waals surface area contributed by atoms with Crippen LogP contribution in [0.2, 0.25) is 0 Å². The second-order valence-corrected chi connectivity index (χ2v) is 8.62. The molecule has 0 saturated carbocycles. The third kappa shape index (κ3) is 21.9. The normalized spacial score (nSPS) is 14.4. The Bertz CT molecular complexity index is 545. The number of aliphatic hydroxyl groups excluding tert-OH is 1. The van der Waals surface area contributed by atoms with Crippen LogP contribution in [0.25, 0.3) is 0 Å². The molecule has 0 heterocycles. The van der Waals surface area contributed by atoms with Crippen molar-refractivity contribution < 1.29 is 43.7 Å². The van der Waals surface area contributed by atoms with Crippen molar-refractivity contribution in [2.75, 3.05) is 13.2 Å². The molecule has 0 rings (SSSR count). The molecular formula is C21H39O9P. The molecule has 0 fully saturated rings. The summed E-state index contributed by atoms with van der Waals surface area (Å²) < 4.78 is 19.5. The Morgan fingerprint density at radius 3 is 2.39 bits per heavy atom. The lowest BCUT2D eigenvalue weighted by molar-refractivity contribution is -0.267. The maximum absolute atomic E-state index is 11.6. The number of phosphoric ester groups is 1. The summed E-state index contributed by atoms with van der Waals surface area (Å²) in [7, 11) is -4.64. The first-order valence-electron chi connectivity index (χ1n) is 11.0. The number of carbonyl (C=O) groups is 1. The molecule has 31 heavy (non-hydrogen) atoms. The predicted octanol–water partition coefficient (Wildman–Crippen LogP) is 4.28. The highest BCUT2D eigenvalue weighted by Gasteiger charge is 2.17. The van der Waals surface area contributed by atoms with Crippen molar-refractivity contribution >= 4 is 13.8 Å². The first kappa shape index (κ1) is 29.9. The van der Waals surface area contributed by atoms with Gasteiger partial charge in [0.2, 0.25) is 0 Å². The maximum atomic E-state index is 11.6. The highest BCUT2D eigenvalue weighted by Crippen LogP contribution is 2.35. The Hall–Kier alpha value is -1.06. The Morgan fingerprint density at radius 2 is 1.71 bits per heavy atom. The molecule has 0 amide bonds. The van der Waals surface area contributed by atoms with Gasteiger partial charge < -0.3 is 19.6 Å². The van der Waals surface area contributed by atoms with Crippen molar-refractivity contribution in [3.63, 3.8) is 0 Å². The van der Waals surface area contributed by atoms with E-state index < -0.39 is 26.5 Å². The Kier molecular flexibility index (Phi) is 18.9. The molecule has 0 aromatic carbocycles. The van der Waals surface area contributed by atoms with Crippen molar-refractivity contribution in [2.45, 2.75) is 89.8 Å². The molecule has 2 unspecified atom stereocenters. The van der Waals surface area contributed by atoms with Crippen LogP contribution < -0.4 is 0 Å². The fraction of sp³-hybridized carbons (Fsp3) is 0.762. The first-order valence-corrected chi connectivity index (χ1v) is 12.5. The van der Waals surface area contributed by atoms with Crippen molar-refractivity contribution in [1.82, 2.24) is 0 Å². The minimum atomic E-state index is -4.64. The molecule has 0 aromatic heterocycles. The number of hydrogen-bond donors (Lipinski definition) is 4. The van der Waals surface area contributed by atoms with E-state index in [2.05, 4.69) is 22.4 Å². The Labute approximate surface area is 185 Å². The van der Waals surface area contributed by atoms with E-state index in [4.69, 9.17) is 19.8 Å². The number of aliphatic hydroxyl groups is 1. The smallest absolute Gasteiger partial charge is 0.463 e. The Morgan fingerprint density at radius 1 is 1.00 bits per heavy atom. The van der Waals surface area contributed by atoms with Gasteiger partial charge in [0.15, 0.2) is 0 Å². The van der Waals surface area contributed by atoms with E-state index >= 15 is 0 Å². The molecule has 0 aliphatic heterocycles. The number of unbranched alkanes of at least 4 members (excludes halogenated alkanes) is 7. The van der Waals surface area contributed by atoms with Crippen molar-refractivity contribution in [3.05, 3.63) is 24.3 Å². The standard InChI is InChI=1S/C21H39O9P/c1-2-3-11-14-20(30-24)15-12-9-7-5-4-6-8-10-13-16-21(23)28-17-19(22)18-29-31(25,26)27/h7,9,12,15,19-20,22,24H,2-6,8,10-11,13-14,16-18H2,1H3,(H2,25,26,27). The number of ether oxygens (including phenoxy) is 1. The molecule has 0 spiro atoms. The Balaban J connectivity index is 3.61. The highest BCUT2D eigenvalue weighted by atomic mass is 31.2. The third-order valence-electron chi connectivity index (χ3n) is 4.42. The van der Waals surface area contributed by atoms with Crippen LogP contribution in [-0.4, -0.2) is 51.5 Å². The summed E-state index contributed by atoms with van der Waals surface area (Å²) in [5.74, 6) is -0.454. The van der Waals surface area contributed by atoms with Gasteiger partial charge in [0, 0.05) is 6.42 Å². The van der Waals surface area contributed by atoms with E-state index in [1.807, 2.05) is 18.2 Å². The van der Waals surface area contributed by atoms with Crippen LogP contribution in [-0.2, 0) is 23.5 Å². The van der Waals surface area contributed by atoms with Crippen LogP contribution in [0, 0.1) is 0 Å². The lowest BCUT2D eigenvalue weighted by atomic mass is 10.1. The summed E-state index contributed by atoms with van der Waals surface area (Å²) in [4.78, 5) is 33.0. The summed E-state index contributed by atoms with van der Waals surface area (Å²) >= 11 is 0. The van der Waals surface area contributed by atoms with E-state index in [1.54, 1.807) is 0 Å². The van der Waals surface area contributed by atoms with E-state index in [-0.39, 0.29) is 19.1 Å². The van der Waals surface area contributed by atoms with Gasteiger partial charge in [-0.25, -0.2) is 9.45 Å². The summed E-state index contributed by atoms with van der Waals surface area (Å²) in [5.41, 5.74) is 0. The summed E-state index contributed by atoms with van der Waals surface area (Å²) in [6, 6.07) is 0. The average Bonchev–Trinajstić information content (AvgIpc) is 2.72. The van der Waals surface area contributed by atoms with Crippen LogP contribution in [0.15, 0.2) is 24.3 Å². The quantitative estimate of drug-likeness (QED) is 0.0516. The number of hydrogen-bond acceptors (Lipinski definition) is 7. The maximum Gasteiger partial charge on any atom is 0.469 e. The lowest BCUT2D eigenvalue weighted by Crippen LogP contribution is -2.23. The molecule has 2 atom stereocenters. The number of rotatable bonds is 20. The minimum Gasteiger partial charge on any atom is -0.463 e. The van der Waals surface area contributed by atoms with Gasteiger partial charge in [-0.2, -0.15) is 0 Å². The van der Waals surface area contributed by atoms with Crippen LogP contribution >= 0.6 is 7.82 Å². The molecule has 0 aromatic rings. The van der Waals surface area contributed by atoms with E-state index in [1.165, 1.54) is 0 Å². The molecule has 0 saturated heterocycles. The van der Waals surface area contributed by atoms with Gasteiger partial charge >= 0.3 is 13.8 Å². The zero-order chi connectivity index (χ0) is 23.4. The molecule has 0 radical (unpaired) electrons. The third-order valence-corrected chi connectivity index (χ3v) is 4.91. The van der Waals surface area contributed by atoms with Gasteiger partial charge in [-0.3, -0.25) is 14.6 Å². The largest absolute Gasteiger partial charge is 0.469 e. The number of esters is 1. The monoisotopic (exact) mass is 466 g/mol. The SMILES string of the molecule is CCCCCC(C=CC=CCCCCCCCC(=O)OCC(O)COP(=O)(O)O)OO. The number of carbonyl (C=O) groups excluding carboxylic acids is 1. The van der Waals surface area contributed by atoms with Gasteiger partial charge in [-0.05, 0) is 25.7 Å². The zero-order valence-electron chi connectivity index (χ0n) is 18.4. The van der Waals surface area contributed by atoms with Crippen molar-refractivity contribution in [3.8, 4) is 0 Å². The van der Waals surface area contributed by atoms with Crippen LogP contribution in [0.5, 0.6) is 0 Å². The summed E-state index contributed by atoms with van der Waals surface area (Å²) in [5, 5.41) is 18.3. The fourth-order valence-electron chi connectivity index (χ4n) is 2.70. The topological polar surface area (TPSA) is 143 Å². The van der Waals surface area contributed by atoms with Gasteiger partial charge in [0.25, 0.3) is 0 Å². The second kappa shape index (κ2) is 19.6. The predicted molar refractivity (Wildman–Crippen MR) is 117 cm³/mol. The molecule has 4 N–H and O–H groups in total. The van der Waals surface area contributed by atoms with E-state index in [0.717, 1.165) is 57.8 Å².